The summed E-state index contributed by atoms with van der Waals surface area (Å²) >= 11 is 0. The molecule has 0 aromatic heterocycles. The van der Waals surface area contributed by atoms with E-state index >= 15 is 0 Å². The van der Waals surface area contributed by atoms with Crippen LogP contribution >= 0.6 is 0 Å². The van der Waals surface area contributed by atoms with Crippen molar-refractivity contribution in [1.29, 1.82) is 0 Å². The van der Waals surface area contributed by atoms with Crippen molar-refractivity contribution in [3.8, 4) is 11.5 Å². The molecule has 5 aliphatic carbocycles. The van der Waals surface area contributed by atoms with Crippen molar-refractivity contribution in [1.82, 2.24) is 0 Å². The van der Waals surface area contributed by atoms with Crippen LogP contribution in [0.4, 0.5) is 0 Å². The van der Waals surface area contributed by atoms with Gasteiger partial charge in [0.2, 0.25) is 0 Å². The Kier molecular flexibility index (Phi) is 10.6. The van der Waals surface area contributed by atoms with Crippen LogP contribution in [0.15, 0.2) is 35.9 Å². The molecule has 4 saturated carbocycles. The first kappa shape index (κ1) is 42.2. The van der Waals surface area contributed by atoms with Crippen LogP contribution in [0.5, 0.6) is 11.5 Å². The number of carboxylic acid groups (broad SMARTS) is 1. The van der Waals surface area contributed by atoms with Crippen LogP contribution in [0.2, 0.25) is 0 Å². The minimum Gasteiger partial charge on any atom is -0.504 e. The number of aliphatic carboxylic acids is 1. The molecule has 6 aliphatic rings. The highest BCUT2D eigenvalue weighted by Gasteiger charge is 2.70. The number of methoxy groups -OCH3 is 1. The lowest BCUT2D eigenvalue weighted by atomic mass is 9.33. The van der Waals surface area contributed by atoms with Crippen molar-refractivity contribution >= 4 is 18.0 Å². The number of hydrogen-bond donors (Lipinski definition) is 5. The molecule has 14 unspecified atom stereocenters. The first-order chi connectivity index (χ1) is 26.5. The lowest BCUT2D eigenvalue weighted by Gasteiger charge is -2.72. The van der Waals surface area contributed by atoms with Gasteiger partial charge < -0.3 is 44.5 Å². The summed E-state index contributed by atoms with van der Waals surface area (Å²) in [5, 5.41) is 51.3. The van der Waals surface area contributed by atoms with Gasteiger partial charge in [0.05, 0.1) is 13.2 Å². The first-order valence-corrected chi connectivity index (χ1v) is 21.1. The fourth-order valence-corrected chi connectivity index (χ4v) is 13.4. The van der Waals surface area contributed by atoms with Gasteiger partial charge in [0.25, 0.3) is 0 Å². The smallest absolute Gasteiger partial charge is 0.335 e. The SMILES string of the molecule is COc1cc(C=CC(=O)OC2CC3(C)C(=CCC4C5(C)CCC(OC6OC(C(=O)O)C(O)C(O)C6O)C(C)(C)C5CCC43C)C3CC(C)(C)CCC23C)ccc1O. The molecule has 0 radical (unpaired) electrons. The predicted molar refractivity (Wildman–Crippen MR) is 213 cm³/mol. The van der Waals surface area contributed by atoms with Gasteiger partial charge in [-0.1, -0.05) is 73.1 Å². The highest BCUT2D eigenvalue weighted by atomic mass is 16.7. The van der Waals surface area contributed by atoms with E-state index in [1.165, 1.54) is 13.2 Å². The average Bonchev–Trinajstić information content (AvgIpc) is 3.13. The van der Waals surface area contributed by atoms with Gasteiger partial charge in [0.1, 0.15) is 24.4 Å². The number of phenols is 1. The quantitative estimate of drug-likeness (QED) is 0.0830. The number of ether oxygens (including phenoxy) is 4. The van der Waals surface area contributed by atoms with Crippen LogP contribution in [-0.2, 0) is 23.8 Å². The monoisotopic (exact) mass is 794 g/mol. The number of benzene rings is 1. The minimum atomic E-state index is -1.77. The van der Waals surface area contributed by atoms with E-state index in [2.05, 4.69) is 61.5 Å². The van der Waals surface area contributed by atoms with Gasteiger partial charge in [-0.3, -0.25) is 0 Å². The summed E-state index contributed by atoms with van der Waals surface area (Å²) in [4.78, 5) is 25.6. The summed E-state index contributed by atoms with van der Waals surface area (Å²) in [5.74, 6) is -0.566. The molecule has 14 atom stereocenters. The standard InChI is InChI=1S/C46H66O11/c1-41(2)20-21-43(5)27(23-41)26-12-14-31-44(6)18-17-32(56-40-37(51)35(49)36(50)38(57-40)39(52)53)42(3,4)30(44)16-19-45(31,7)46(26,8)24-33(43)55-34(48)15-11-25-10-13-28(47)29(22-25)54-9/h10-13,15,22,27,30-33,35-38,40,47,49-51H,14,16-21,23-24H2,1-9H3,(H,52,53). The molecule has 1 aromatic carbocycles. The molecule has 11 heteroatoms. The Balaban J connectivity index is 1.17. The first-order valence-electron chi connectivity index (χ1n) is 21.1. The number of carboxylic acids is 1. The second-order valence-electron chi connectivity index (χ2n) is 20.8. The van der Waals surface area contributed by atoms with Crippen molar-refractivity contribution < 1.29 is 54.1 Å². The normalized spacial score (nSPS) is 44.7. The van der Waals surface area contributed by atoms with E-state index in [4.69, 9.17) is 18.9 Å². The molecular formula is C46H66O11. The van der Waals surface area contributed by atoms with Gasteiger partial charge in [-0.15, -0.1) is 0 Å². The van der Waals surface area contributed by atoms with Gasteiger partial charge in [0.15, 0.2) is 23.9 Å². The molecule has 11 nitrogen and oxygen atoms in total. The van der Waals surface area contributed by atoms with Crippen molar-refractivity contribution in [3.63, 3.8) is 0 Å². The molecule has 1 saturated heterocycles. The molecular weight excluding hydrogens is 728 g/mol. The van der Waals surface area contributed by atoms with Gasteiger partial charge in [-0.25, -0.2) is 9.59 Å². The van der Waals surface area contributed by atoms with E-state index in [0.29, 0.717) is 18.1 Å². The van der Waals surface area contributed by atoms with E-state index in [1.54, 1.807) is 29.8 Å². The Bertz CT molecular complexity index is 1800. The summed E-state index contributed by atoms with van der Waals surface area (Å²) in [5.41, 5.74) is 1.47. The number of fused-ring (bicyclic) bond motifs is 7. The number of aliphatic hydroxyl groups excluding tert-OH is 3. The zero-order valence-corrected chi connectivity index (χ0v) is 35.3. The number of carbonyl (C=O) groups is 2. The third kappa shape index (κ3) is 6.66. The third-order valence-corrected chi connectivity index (χ3v) is 17.0. The largest absolute Gasteiger partial charge is 0.504 e. The summed E-state index contributed by atoms with van der Waals surface area (Å²) < 4.78 is 23.9. The molecule has 1 aliphatic heterocycles. The molecule has 5 N–H and O–H groups in total. The average molecular weight is 795 g/mol. The summed E-state index contributed by atoms with van der Waals surface area (Å²) in [7, 11) is 1.49. The fourth-order valence-electron chi connectivity index (χ4n) is 13.4. The molecule has 5 fully saturated rings. The van der Waals surface area contributed by atoms with E-state index < -0.39 is 36.7 Å². The highest BCUT2D eigenvalue weighted by molar-refractivity contribution is 5.87. The molecule has 1 heterocycles. The van der Waals surface area contributed by atoms with Crippen molar-refractivity contribution in [2.75, 3.05) is 7.11 Å². The second kappa shape index (κ2) is 14.4. The predicted octanol–water partition coefficient (Wildman–Crippen LogP) is 7.03. The topological polar surface area (TPSA) is 172 Å². The van der Waals surface area contributed by atoms with Gasteiger partial charge in [-0.2, -0.15) is 0 Å². The van der Waals surface area contributed by atoms with Crippen LogP contribution in [0.25, 0.3) is 6.08 Å². The number of carbonyl (C=O) groups excluding carboxylic acids is 1. The van der Waals surface area contributed by atoms with Crippen LogP contribution < -0.4 is 4.74 Å². The number of rotatable bonds is 7. The summed E-state index contributed by atoms with van der Waals surface area (Å²) in [6.45, 7) is 18.9. The third-order valence-electron chi connectivity index (χ3n) is 17.0. The molecule has 7 rings (SSSR count). The van der Waals surface area contributed by atoms with Crippen LogP contribution in [0.3, 0.4) is 0 Å². The molecule has 0 spiro atoms. The maximum Gasteiger partial charge on any atom is 0.335 e. The van der Waals surface area contributed by atoms with Crippen LogP contribution in [-0.4, -0.2) is 87.5 Å². The second-order valence-corrected chi connectivity index (χ2v) is 20.8. The Morgan fingerprint density at radius 1 is 0.842 bits per heavy atom. The Morgan fingerprint density at radius 2 is 1.56 bits per heavy atom. The van der Waals surface area contributed by atoms with Gasteiger partial charge in [-0.05, 0) is 126 Å². The molecule has 316 valence electrons. The summed E-state index contributed by atoms with van der Waals surface area (Å²) in [6, 6.07) is 4.98. The number of aliphatic hydroxyl groups is 3. The maximum absolute atomic E-state index is 13.8. The van der Waals surface area contributed by atoms with Gasteiger partial charge >= 0.3 is 11.9 Å². The summed E-state index contributed by atoms with van der Waals surface area (Å²) in [6.07, 6.45) is 5.23. The highest BCUT2D eigenvalue weighted by Crippen LogP contribution is 2.76. The molecule has 57 heavy (non-hydrogen) atoms. The van der Waals surface area contributed by atoms with E-state index in [1.807, 2.05) is 0 Å². The van der Waals surface area contributed by atoms with Crippen molar-refractivity contribution in [3.05, 3.63) is 41.5 Å². The fraction of sp³-hybridized carbons (Fsp3) is 0.739. The zero-order valence-electron chi connectivity index (χ0n) is 35.3. The maximum atomic E-state index is 13.8. The molecule has 1 aromatic rings. The number of aromatic hydroxyl groups is 1. The number of esters is 1. The lowest BCUT2D eigenvalue weighted by Crippen LogP contribution is -2.67. The molecule has 0 amide bonds. The number of allylic oxidation sites excluding steroid dienone is 2. The van der Waals surface area contributed by atoms with Crippen LogP contribution in [0, 0.1) is 50.2 Å². The molecule has 0 bridgehead atoms. The minimum absolute atomic E-state index is 0.0367. The van der Waals surface area contributed by atoms with Crippen molar-refractivity contribution in [2.24, 2.45) is 50.2 Å². The van der Waals surface area contributed by atoms with Crippen molar-refractivity contribution in [2.45, 2.75) is 156 Å². The number of hydrogen-bond acceptors (Lipinski definition) is 10. The van der Waals surface area contributed by atoms with Crippen LogP contribution in [0.1, 0.15) is 119 Å². The number of phenolic OH excluding ortho intramolecular Hbond substituents is 1. The lowest BCUT2D eigenvalue weighted by molar-refractivity contribution is -0.324. The van der Waals surface area contributed by atoms with E-state index in [-0.39, 0.29) is 68.3 Å². The Hall–Kier alpha value is -2.96. The Labute approximate surface area is 337 Å². The van der Waals surface area contributed by atoms with E-state index in [0.717, 1.165) is 56.9 Å². The Morgan fingerprint density at radius 3 is 2.25 bits per heavy atom. The van der Waals surface area contributed by atoms with E-state index in [9.17, 15) is 35.1 Å². The zero-order chi connectivity index (χ0) is 41.7. The van der Waals surface area contributed by atoms with Gasteiger partial charge in [0, 0.05) is 11.5 Å².